The van der Waals surface area contributed by atoms with E-state index in [1.807, 2.05) is 34.9 Å². The maximum atomic E-state index is 10.8. The van der Waals surface area contributed by atoms with Crippen LogP contribution in [0.5, 0.6) is 0 Å². The van der Waals surface area contributed by atoms with Crippen LogP contribution in [0.2, 0.25) is 0 Å². The Labute approximate surface area is 126 Å². The summed E-state index contributed by atoms with van der Waals surface area (Å²) in [7, 11) is 0. The van der Waals surface area contributed by atoms with Crippen molar-refractivity contribution < 1.29 is 4.92 Å². The summed E-state index contributed by atoms with van der Waals surface area (Å²) in [5.74, 6) is 0. The first-order valence-electron chi connectivity index (χ1n) is 5.22. The van der Waals surface area contributed by atoms with Crippen molar-refractivity contribution >= 4 is 51.0 Å². The van der Waals surface area contributed by atoms with Crippen LogP contribution in [-0.4, -0.2) is 16.1 Å². The smallest absolute Gasteiger partial charge is 0.258 e. The zero-order valence-electron chi connectivity index (χ0n) is 9.83. The lowest BCUT2D eigenvalue weighted by molar-refractivity contribution is -0.385. The number of hydrogen-bond donors (Lipinski definition) is 1. The Morgan fingerprint density at radius 1 is 1.58 bits per heavy atom. The van der Waals surface area contributed by atoms with E-state index in [4.69, 9.17) is 0 Å². The van der Waals surface area contributed by atoms with Gasteiger partial charge in [-0.2, -0.15) is 5.10 Å². The highest BCUT2D eigenvalue weighted by molar-refractivity contribution is 14.1. The zero-order chi connectivity index (χ0) is 13.8. The first kappa shape index (κ1) is 13.9. The molecule has 1 N–H and O–H groups in total. The largest absolute Gasteiger partial charge is 0.283 e. The molecule has 0 radical (unpaired) electrons. The number of thiazole rings is 1. The molecule has 98 valence electrons. The van der Waals surface area contributed by atoms with Gasteiger partial charge < -0.3 is 0 Å². The van der Waals surface area contributed by atoms with E-state index in [0.29, 0.717) is 14.3 Å². The van der Waals surface area contributed by atoms with E-state index in [1.54, 1.807) is 18.3 Å². The lowest BCUT2D eigenvalue weighted by Crippen LogP contribution is -1.97. The number of nitrogens with one attached hydrogen (secondary N) is 1. The maximum absolute atomic E-state index is 10.8. The monoisotopic (exact) mass is 388 g/mol. The molecule has 0 atom stereocenters. The van der Waals surface area contributed by atoms with Gasteiger partial charge in [0.05, 0.1) is 20.4 Å². The summed E-state index contributed by atoms with van der Waals surface area (Å²) >= 11 is 3.39. The normalized spacial score (nSPS) is 10.8. The molecule has 6 nitrogen and oxygen atoms in total. The molecule has 0 spiro atoms. The molecule has 8 heteroatoms. The third-order valence-corrected chi connectivity index (χ3v) is 4.23. The van der Waals surface area contributed by atoms with Gasteiger partial charge in [-0.15, -0.1) is 11.3 Å². The molecule has 1 aromatic heterocycles. The second-order valence-electron chi connectivity index (χ2n) is 3.60. The molecule has 0 fully saturated rings. The summed E-state index contributed by atoms with van der Waals surface area (Å²) in [6, 6.07) is 4.87. The molecule has 0 bridgehead atoms. The fourth-order valence-corrected chi connectivity index (χ4v) is 2.67. The number of nitro benzene ring substituents is 1. The van der Waals surface area contributed by atoms with Gasteiger partial charge in [-0.3, -0.25) is 15.5 Å². The minimum Gasteiger partial charge on any atom is -0.258 e. The molecular formula is C11H9IN4O2S. The molecule has 19 heavy (non-hydrogen) atoms. The highest BCUT2D eigenvalue weighted by atomic mass is 127. The Balaban J connectivity index is 2.15. The molecule has 0 aliphatic carbocycles. The minimum atomic E-state index is -0.406. The summed E-state index contributed by atoms with van der Waals surface area (Å²) in [5, 5.41) is 17.4. The van der Waals surface area contributed by atoms with Crippen molar-refractivity contribution in [1.82, 2.24) is 4.98 Å². The van der Waals surface area contributed by atoms with E-state index >= 15 is 0 Å². The number of anilines is 1. The number of benzene rings is 1. The van der Waals surface area contributed by atoms with Crippen LogP contribution in [0.1, 0.15) is 11.3 Å². The van der Waals surface area contributed by atoms with Crippen molar-refractivity contribution in [3.05, 3.63) is 48.5 Å². The fraction of sp³-hybridized carbons (Fsp3) is 0.0909. The minimum absolute atomic E-state index is 0.0784. The number of hydrazone groups is 1. The van der Waals surface area contributed by atoms with Gasteiger partial charge in [0.25, 0.3) is 5.69 Å². The topological polar surface area (TPSA) is 80.4 Å². The summed E-state index contributed by atoms with van der Waals surface area (Å²) in [6.45, 7) is 1.90. The Hall–Kier alpha value is -1.55. The second kappa shape index (κ2) is 6.06. The summed E-state index contributed by atoms with van der Waals surface area (Å²) in [5.41, 5.74) is 4.49. The van der Waals surface area contributed by atoms with Crippen LogP contribution in [0.3, 0.4) is 0 Å². The van der Waals surface area contributed by atoms with Crippen LogP contribution >= 0.6 is 33.9 Å². The molecule has 2 rings (SSSR count). The first-order valence-corrected chi connectivity index (χ1v) is 7.18. The van der Waals surface area contributed by atoms with E-state index in [9.17, 15) is 10.1 Å². The van der Waals surface area contributed by atoms with Crippen molar-refractivity contribution in [3.63, 3.8) is 0 Å². The molecule has 0 aliphatic heterocycles. The van der Waals surface area contributed by atoms with Gasteiger partial charge in [0.1, 0.15) is 0 Å². The van der Waals surface area contributed by atoms with E-state index in [0.717, 1.165) is 5.69 Å². The molecule has 1 heterocycles. The molecule has 0 saturated carbocycles. The molecule has 1 aromatic carbocycles. The Bertz CT molecular complexity index is 641. The second-order valence-corrected chi connectivity index (χ2v) is 5.54. The Morgan fingerprint density at radius 2 is 2.37 bits per heavy atom. The number of hydrogen-bond acceptors (Lipinski definition) is 6. The van der Waals surface area contributed by atoms with Crippen LogP contribution in [-0.2, 0) is 0 Å². The lowest BCUT2D eigenvalue weighted by atomic mass is 10.2. The number of halogens is 1. The molecule has 0 saturated heterocycles. The van der Waals surface area contributed by atoms with Crippen LogP contribution in [0, 0.1) is 20.6 Å². The van der Waals surface area contributed by atoms with Gasteiger partial charge in [-0.05, 0) is 29.5 Å². The molecule has 0 amide bonds. The van der Waals surface area contributed by atoms with Crippen LogP contribution in [0.4, 0.5) is 10.8 Å². The van der Waals surface area contributed by atoms with Crippen LogP contribution in [0.25, 0.3) is 0 Å². The number of aromatic nitrogens is 1. The zero-order valence-corrected chi connectivity index (χ0v) is 12.8. The predicted molar refractivity (Wildman–Crippen MR) is 83.9 cm³/mol. The fourth-order valence-electron chi connectivity index (χ4n) is 1.34. The van der Waals surface area contributed by atoms with Gasteiger partial charge in [-0.25, -0.2) is 4.98 Å². The molecular weight excluding hydrogens is 379 g/mol. The van der Waals surface area contributed by atoms with E-state index in [1.165, 1.54) is 17.4 Å². The van der Waals surface area contributed by atoms with Crippen molar-refractivity contribution in [2.24, 2.45) is 5.10 Å². The van der Waals surface area contributed by atoms with Gasteiger partial charge in [0.15, 0.2) is 0 Å². The lowest BCUT2D eigenvalue weighted by Gasteiger charge is -1.99. The van der Waals surface area contributed by atoms with Crippen LogP contribution < -0.4 is 5.43 Å². The average Bonchev–Trinajstić information content (AvgIpc) is 2.77. The summed E-state index contributed by atoms with van der Waals surface area (Å²) in [6.07, 6.45) is 1.55. The average molecular weight is 388 g/mol. The van der Waals surface area contributed by atoms with E-state index < -0.39 is 4.92 Å². The van der Waals surface area contributed by atoms with Gasteiger partial charge in [0, 0.05) is 17.0 Å². The number of nitro groups is 1. The van der Waals surface area contributed by atoms with Gasteiger partial charge in [-0.1, -0.05) is 12.1 Å². The van der Waals surface area contributed by atoms with Crippen molar-refractivity contribution in [2.45, 2.75) is 6.92 Å². The van der Waals surface area contributed by atoms with Crippen molar-refractivity contribution in [3.8, 4) is 0 Å². The Kier molecular flexibility index (Phi) is 4.43. The van der Waals surface area contributed by atoms with Crippen LogP contribution in [0.15, 0.2) is 28.7 Å². The predicted octanol–water partition coefficient (Wildman–Crippen LogP) is 3.41. The third-order valence-electron chi connectivity index (χ3n) is 2.19. The quantitative estimate of drug-likeness (QED) is 0.377. The van der Waals surface area contributed by atoms with Gasteiger partial charge >= 0.3 is 0 Å². The molecule has 0 unspecified atom stereocenters. The maximum Gasteiger partial charge on any atom is 0.283 e. The third kappa shape index (κ3) is 3.47. The SMILES string of the molecule is Cc1csc(NN=Cc2cccc([N+](=O)[O-])c2I)n1. The van der Waals surface area contributed by atoms with Gasteiger partial charge in [0.2, 0.25) is 5.13 Å². The van der Waals surface area contributed by atoms with Crippen molar-refractivity contribution in [2.75, 3.05) is 5.43 Å². The first-order chi connectivity index (χ1) is 9.08. The summed E-state index contributed by atoms with van der Waals surface area (Å²) < 4.78 is 0.561. The standard InChI is InChI=1S/C11H9IN4O2S/c1-7-6-19-11(14-7)15-13-5-8-3-2-4-9(10(8)12)16(17)18/h2-6H,1H3,(H,14,15). The van der Waals surface area contributed by atoms with Crippen molar-refractivity contribution in [1.29, 1.82) is 0 Å². The number of nitrogens with zero attached hydrogens (tertiary/aromatic N) is 3. The highest BCUT2D eigenvalue weighted by Gasteiger charge is 2.13. The number of rotatable bonds is 4. The van der Waals surface area contributed by atoms with E-state index in [-0.39, 0.29) is 5.69 Å². The highest BCUT2D eigenvalue weighted by Crippen LogP contribution is 2.23. The Morgan fingerprint density at radius 3 is 3.00 bits per heavy atom. The molecule has 2 aromatic rings. The molecule has 0 aliphatic rings. The number of aryl methyl sites for hydroxylation is 1. The summed E-state index contributed by atoms with van der Waals surface area (Å²) in [4.78, 5) is 14.6. The van der Waals surface area contributed by atoms with E-state index in [2.05, 4.69) is 15.5 Å².